The van der Waals surface area contributed by atoms with Crippen molar-refractivity contribution in [3.8, 4) is 0 Å². The van der Waals surface area contributed by atoms with Gasteiger partial charge in [0, 0.05) is 6.08 Å². The van der Waals surface area contributed by atoms with Gasteiger partial charge >= 0.3 is 0 Å². The van der Waals surface area contributed by atoms with Gasteiger partial charge in [-0.25, -0.2) is 0 Å². The second kappa shape index (κ2) is 3.09. The van der Waals surface area contributed by atoms with Gasteiger partial charge in [-0.1, -0.05) is 5.57 Å². The van der Waals surface area contributed by atoms with E-state index in [9.17, 15) is 9.90 Å². The standard InChI is InChI=1S/C11H17NO2/c1-8(2)5-10(13)12-6-11(14,7-12)9-3-4-9/h5,9,14H,3-4,6-7H2,1-2H3. The summed E-state index contributed by atoms with van der Waals surface area (Å²) in [5.41, 5.74) is 0.461. The molecule has 0 aromatic heterocycles. The fraction of sp³-hybridized carbons (Fsp3) is 0.727. The van der Waals surface area contributed by atoms with Crippen molar-refractivity contribution in [2.75, 3.05) is 13.1 Å². The molecule has 0 aromatic rings. The Morgan fingerprint density at radius 2 is 2.00 bits per heavy atom. The molecule has 0 atom stereocenters. The van der Waals surface area contributed by atoms with E-state index in [1.54, 1.807) is 11.0 Å². The first-order valence-electron chi connectivity index (χ1n) is 5.17. The number of aliphatic hydroxyl groups is 1. The quantitative estimate of drug-likeness (QED) is 0.666. The van der Waals surface area contributed by atoms with Gasteiger partial charge in [-0.05, 0) is 32.6 Å². The minimum absolute atomic E-state index is 0.0373. The monoisotopic (exact) mass is 195 g/mol. The SMILES string of the molecule is CC(C)=CC(=O)N1CC(O)(C2CC2)C1. The van der Waals surface area contributed by atoms with E-state index in [0.29, 0.717) is 19.0 Å². The molecular formula is C11H17NO2. The maximum atomic E-state index is 11.5. The van der Waals surface area contributed by atoms with Crippen LogP contribution in [0.15, 0.2) is 11.6 Å². The molecule has 1 aliphatic carbocycles. The van der Waals surface area contributed by atoms with Crippen molar-refractivity contribution in [1.29, 1.82) is 0 Å². The van der Waals surface area contributed by atoms with Crippen LogP contribution in [0, 0.1) is 5.92 Å². The van der Waals surface area contributed by atoms with Crippen LogP contribution in [0.5, 0.6) is 0 Å². The summed E-state index contributed by atoms with van der Waals surface area (Å²) in [6.45, 7) is 4.87. The van der Waals surface area contributed by atoms with Gasteiger partial charge < -0.3 is 10.0 Å². The van der Waals surface area contributed by atoms with Gasteiger partial charge in [0.2, 0.25) is 5.91 Å². The van der Waals surface area contributed by atoms with Crippen LogP contribution in [-0.4, -0.2) is 34.6 Å². The molecule has 0 bridgehead atoms. The molecular weight excluding hydrogens is 178 g/mol. The highest BCUT2D eigenvalue weighted by molar-refractivity contribution is 5.89. The van der Waals surface area contributed by atoms with Gasteiger partial charge in [-0.2, -0.15) is 0 Å². The average Bonchev–Trinajstić information content (AvgIpc) is 2.78. The third kappa shape index (κ3) is 1.69. The summed E-state index contributed by atoms with van der Waals surface area (Å²) < 4.78 is 0. The molecule has 14 heavy (non-hydrogen) atoms. The van der Waals surface area contributed by atoms with Crippen molar-refractivity contribution in [2.24, 2.45) is 5.92 Å². The van der Waals surface area contributed by atoms with E-state index in [4.69, 9.17) is 0 Å². The molecule has 0 unspecified atom stereocenters. The van der Waals surface area contributed by atoms with Crippen LogP contribution >= 0.6 is 0 Å². The van der Waals surface area contributed by atoms with E-state index in [1.807, 2.05) is 13.8 Å². The van der Waals surface area contributed by atoms with Crippen LogP contribution in [0.1, 0.15) is 26.7 Å². The van der Waals surface area contributed by atoms with Crippen LogP contribution in [0.2, 0.25) is 0 Å². The number of β-amino-alcohol motifs (C(OH)–C–C–N with tert-alkyl or cyclic N) is 1. The molecule has 1 N–H and O–H groups in total. The molecule has 1 heterocycles. The van der Waals surface area contributed by atoms with E-state index in [0.717, 1.165) is 18.4 Å². The number of carbonyl (C=O) groups excluding carboxylic acids is 1. The lowest BCUT2D eigenvalue weighted by Crippen LogP contribution is -2.64. The molecule has 0 radical (unpaired) electrons. The first-order chi connectivity index (χ1) is 6.51. The van der Waals surface area contributed by atoms with Crippen molar-refractivity contribution in [3.63, 3.8) is 0 Å². The Balaban J connectivity index is 1.87. The normalized spacial score (nSPS) is 24.1. The number of hydrogen-bond donors (Lipinski definition) is 1. The molecule has 1 aliphatic heterocycles. The molecule has 2 aliphatic rings. The topological polar surface area (TPSA) is 40.5 Å². The van der Waals surface area contributed by atoms with Crippen molar-refractivity contribution in [1.82, 2.24) is 4.90 Å². The van der Waals surface area contributed by atoms with E-state index in [2.05, 4.69) is 0 Å². The fourth-order valence-electron chi connectivity index (χ4n) is 1.99. The molecule has 2 rings (SSSR count). The Kier molecular flexibility index (Phi) is 2.14. The summed E-state index contributed by atoms with van der Waals surface area (Å²) in [6.07, 6.45) is 3.88. The maximum Gasteiger partial charge on any atom is 0.246 e. The number of likely N-dealkylation sites (tertiary alicyclic amines) is 1. The highest BCUT2D eigenvalue weighted by atomic mass is 16.3. The smallest absolute Gasteiger partial charge is 0.246 e. The van der Waals surface area contributed by atoms with Crippen molar-refractivity contribution >= 4 is 5.91 Å². The second-order valence-electron chi connectivity index (χ2n) is 4.79. The molecule has 2 fully saturated rings. The predicted octanol–water partition coefficient (Wildman–Crippen LogP) is 0.936. The summed E-state index contributed by atoms with van der Waals surface area (Å²) in [4.78, 5) is 13.2. The van der Waals surface area contributed by atoms with Crippen molar-refractivity contribution in [2.45, 2.75) is 32.3 Å². The van der Waals surface area contributed by atoms with Crippen molar-refractivity contribution in [3.05, 3.63) is 11.6 Å². The number of hydrogen-bond acceptors (Lipinski definition) is 2. The summed E-state index contributed by atoms with van der Waals surface area (Å²) in [5, 5.41) is 9.99. The number of allylic oxidation sites excluding steroid dienone is 1. The number of nitrogens with zero attached hydrogens (tertiary/aromatic N) is 1. The second-order valence-corrected chi connectivity index (χ2v) is 4.79. The first kappa shape index (κ1) is 9.71. The first-order valence-corrected chi connectivity index (χ1v) is 5.17. The Morgan fingerprint density at radius 1 is 1.43 bits per heavy atom. The van der Waals surface area contributed by atoms with E-state index in [-0.39, 0.29) is 5.91 Å². The Hall–Kier alpha value is -0.830. The van der Waals surface area contributed by atoms with Gasteiger partial charge in [-0.15, -0.1) is 0 Å². The lowest BCUT2D eigenvalue weighted by Gasteiger charge is -2.46. The van der Waals surface area contributed by atoms with Gasteiger partial charge in [0.25, 0.3) is 0 Å². The van der Waals surface area contributed by atoms with Crippen LogP contribution in [0.4, 0.5) is 0 Å². The fourth-order valence-corrected chi connectivity index (χ4v) is 1.99. The summed E-state index contributed by atoms with van der Waals surface area (Å²) in [5.74, 6) is 0.494. The van der Waals surface area contributed by atoms with Crippen LogP contribution in [0.3, 0.4) is 0 Å². The number of amides is 1. The summed E-state index contributed by atoms with van der Waals surface area (Å²) in [7, 11) is 0. The lowest BCUT2D eigenvalue weighted by molar-refractivity contribution is -0.154. The largest absolute Gasteiger partial charge is 0.386 e. The third-order valence-electron chi connectivity index (χ3n) is 2.99. The van der Waals surface area contributed by atoms with Crippen LogP contribution in [0.25, 0.3) is 0 Å². The summed E-state index contributed by atoms with van der Waals surface area (Å²) in [6, 6.07) is 0. The molecule has 1 saturated heterocycles. The maximum absolute atomic E-state index is 11.5. The van der Waals surface area contributed by atoms with Crippen LogP contribution < -0.4 is 0 Å². The minimum Gasteiger partial charge on any atom is -0.386 e. The number of rotatable bonds is 2. The molecule has 3 nitrogen and oxygen atoms in total. The highest BCUT2D eigenvalue weighted by Crippen LogP contribution is 2.44. The molecule has 78 valence electrons. The third-order valence-corrected chi connectivity index (χ3v) is 2.99. The van der Waals surface area contributed by atoms with E-state index >= 15 is 0 Å². The highest BCUT2D eigenvalue weighted by Gasteiger charge is 2.52. The van der Waals surface area contributed by atoms with E-state index < -0.39 is 5.60 Å². The van der Waals surface area contributed by atoms with Crippen molar-refractivity contribution < 1.29 is 9.90 Å². The van der Waals surface area contributed by atoms with E-state index in [1.165, 1.54) is 0 Å². The van der Waals surface area contributed by atoms with Gasteiger partial charge in [-0.3, -0.25) is 4.79 Å². The molecule has 3 heteroatoms. The zero-order chi connectivity index (χ0) is 10.3. The molecule has 0 aromatic carbocycles. The molecule has 0 spiro atoms. The Bertz CT molecular complexity index is 282. The zero-order valence-electron chi connectivity index (χ0n) is 8.79. The predicted molar refractivity (Wildman–Crippen MR) is 53.7 cm³/mol. The minimum atomic E-state index is -0.550. The van der Waals surface area contributed by atoms with Crippen LogP contribution in [-0.2, 0) is 4.79 Å². The van der Waals surface area contributed by atoms with Gasteiger partial charge in [0.15, 0.2) is 0 Å². The van der Waals surface area contributed by atoms with Gasteiger partial charge in [0.05, 0.1) is 13.1 Å². The summed E-state index contributed by atoms with van der Waals surface area (Å²) >= 11 is 0. The zero-order valence-corrected chi connectivity index (χ0v) is 8.79. The Labute approximate surface area is 84.4 Å². The number of carbonyl (C=O) groups is 1. The Morgan fingerprint density at radius 3 is 2.43 bits per heavy atom. The molecule has 1 saturated carbocycles. The average molecular weight is 195 g/mol. The lowest BCUT2D eigenvalue weighted by atomic mass is 9.88. The molecule has 1 amide bonds. The van der Waals surface area contributed by atoms with Gasteiger partial charge in [0.1, 0.15) is 5.60 Å².